The molecule has 1 aromatic rings. The normalized spacial score (nSPS) is 11.3. The summed E-state index contributed by atoms with van der Waals surface area (Å²) in [7, 11) is -1.96. The van der Waals surface area contributed by atoms with Crippen LogP contribution in [0.15, 0.2) is 18.5 Å². The molecule has 8 heteroatoms. The molecule has 1 aromatic heterocycles. The van der Waals surface area contributed by atoms with Crippen molar-refractivity contribution in [3.05, 3.63) is 24.0 Å². The molecule has 0 atom stereocenters. The molecule has 0 radical (unpaired) electrons. The van der Waals surface area contributed by atoms with Crippen LogP contribution in [-0.4, -0.2) is 34.1 Å². The van der Waals surface area contributed by atoms with Crippen molar-refractivity contribution in [3.8, 4) is 0 Å². The average Bonchev–Trinajstić information content (AvgIpc) is 2.15. The van der Waals surface area contributed by atoms with Crippen molar-refractivity contribution in [1.29, 1.82) is 0 Å². The molecule has 80 valence electrons. The molecule has 0 aliphatic carbocycles. The van der Waals surface area contributed by atoms with Gasteiger partial charge in [-0.15, -0.1) is 0 Å². The highest BCUT2D eigenvalue weighted by Crippen LogP contribution is 2.20. The minimum absolute atomic E-state index is 0.273. The zero-order chi connectivity index (χ0) is 11.6. The Labute approximate surface area is 82.5 Å². The Morgan fingerprint density at radius 3 is 2.40 bits per heavy atom. The van der Waals surface area contributed by atoms with Crippen LogP contribution in [0.1, 0.15) is 10.4 Å². The number of aromatic nitrogens is 1. The van der Waals surface area contributed by atoms with Crippen molar-refractivity contribution in [2.75, 3.05) is 0 Å². The fourth-order valence-electron chi connectivity index (χ4n) is 0.887. The van der Waals surface area contributed by atoms with Crippen LogP contribution in [0.2, 0.25) is 0 Å². The van der Waals surface area contributed by atoms with Gasteiger partial charge < -0.3 is 10.0 Å². The predicted molar refractivity (Wildman–Crippen MR) is 44.4 cm³/mol. The van der Waals surface area contributed by atoms with Crippen LogP contribution in [0.4, 0.5) is 13.2 Å². The van der Waals surface area contributed by atoms with Gasteiger partial charge in [-0.3, -0.25) is 9.78 Å². The van der Waals surface area contributed by atoms with Crippen LogP contribution in [-0.2, 0) is 0 Å². The van der Waals surface area contributed by atoms with Gasteiger partial charge in [-0.2, -0.15) is 13.2 Å². The Morgan fingerprint density at radius 2 is 1.93 bits per heavy atom. The average molecular weight is 219 g/mol. The van der Waals surface area contributed by atoms with E-state index in [4.69, 9.17) is 10.0 Å². The van der Waals surface area contributed by atoms with Gasteiger partial charge in [-0.1, -0.05) is 0 Å². The maximum atomic E-state index is 12.0. The van der Waals surface area contributed by atoms with Crippen molar-refractivity contribution in [2.24, 2.45) is 0 Å². The minimum Gasteiger partial charge on any atom is -0.423 e. The summed E-state index contributed by atoms with van der Waals surface area (Å²) in [6.45, 7) is 0. The SMILES string of the molecule is O=C(c1cncc(B(O)O)c1)C(F)(F)F. The Balaban J connectivity index is 3.06. The van der Waals surface area contributed by atoms with E-state index in [-0.39, 0.29) is 5.46 Å². The van der Waals surface area contributed by atoms with Crippen LogP contribution >= 0.6 is 0 Å². The van der Waals surface area contributed by atoms with Crippen molar-refractivity contribution in [1.82, 2.24) is 4.98 Å². The molecule has 0 bridgehead atoms. The van der Waals surface area contributed by atoms with E-state index in [0.29, 0.717) is 6.20 Å². The highest BCUT2D eigenvalue weighted by atomic mass is 19.4. The summed E-state index contributed by atoms with van der Waals surface area (Å²) < 4.78 is 35.9. The second-order valence-corrected chi connectivity index (χ2v) is 2.71. The van der Waals surface area contributed by atoms with Crippen LogP contribution in [0, 0.1) is 0 Å². The second kappa shape index (κ2) is 3.99. The molecule has 15 heavy (non-hydrogen) atoms. The Hall–Kier alpha value is -1.41. The third-order valence-corrected chi connectivity index (χ3v) is 1.58. The summed E-state index contributed by atoms with van der Waals surface area (Å²) in [6, 6.07) is 0.730. The number of halogens is 3. The summed E-state index contributed by atoms with van der Waals surface area (Å²) in [4.78, 5) is 14.0. The lowest BCUT2D eigenvalue weighted by Gasteiger charge is -2.05. The summed E-state index contributed by atoms with van der Waals surface area (Å²) in [6.07, 6.45) is -3.33. The third-order valence-electron chi connectivity index (χ3n) is 1.58. The van der Waals surface area contributed by atoms with Gasteiger partial charge in [0.1, 0.15) is 0 Å². The maximum Gasteiger partial charge on any atom is 0.490 e. The quantitative estimate of drug-likeness (QED) is 0.519. The Morgan fingerprint density at radius 1 is 1.33 bits per heavy atom. The van der Waals surface area contributed by atoms with Crippen LogP contribution in [0.25, 0.3) is 0 Å². The molecule has 0 unspecified atom stereocenters. The van der Waals surface area contributed by atoms with E-state index in [1.54, 1.807) is 0 Å². The van der Waals surface area contributed by atoms with E-state index in [9.17, 15) is 18.0 Å². The lowest BCUT2D eigenvalue weighted by molar-refractivity contribution is -0.0885. The number of alkyl halides is 3. The van der Waals surface area contributed by atoms with Gasteiger partial charge in [0.25, 0.3) is 5.78 Å². The predicted octanol–water partition coefficient (Wildman–Crippen LogP) is -0.494. The molecule has 2 N–H and O–H groups in total. The topological polar surface area (TPSA) is 70.4 Å². The van der Waals surface area contributed by atoms with Crippen LogP contribution in [0.3, 0.4) is 0 Å². The number of ketones is 1. The molecular weight excluding hydrogens is 214 g/mol. The Bertz CT molecular complexity index is 380. The minimum atomic E-state index is -5.00. The fourth-order valence-corrected chi connectivity index (χ4v) is 0.887. The first-order valence-corrected chi connectivity index (χ1v) is 3.75. The van der Waals surface area contributed by atoms with E-state index in [2.05, 4.69) is 4.98 Å². The van der Waals surface area contributed by atoms with E-state index in [1.807, 2.05) is 0 Å². The summed E-state index contributed by atoms with van der Waals surface area (Å²) >= 11 is 0. The number of carbonyl (C=O) groups excluding carboxylic acids is 1. The van der Waals surface area contributed by atoms with Crippen LogP contribution < -0.4 is 5.46 Å². The third kappa shape index (κ3) is 2.77. The van der Waals surface area contributed by atoms with E-state index < -0.39 is 24.6 Å². The molecule has 0 fully saturated rings. The van der Waals surface area contributed by atoms with Crippen LogP contribution in [0.5, 0.6) is 0 Å². The van der Waals surface area contributed by atoms with Crippen molar-refractivity contribution < 1.29 is 28.0 Å². The van der Waals surface area contributed by atoms with E-state index in [1.165, 1.54) is 0 Å². The number of hydrogen-bond donors (Lipinski definition) is 2. The Kier molecular flexibility index (Phi) is 3.11. The molecule has 0 aliphatic rings. The van der Waals surface area contributed by atoms with Gasteiger partial charge in [0.2, 0.25) is 0 Å². The standard InChI is InChI=1S/C7H5BF3NO3/c9-7(10,11)6(13)4-1-5(8(14)15)3-12-2-4/h1-3,14-15H. The monoisotopic (exact) mass is 219 g/mol. The van der Waals surface area contributed by atoms with Gasteiger partial charge >= 0.3 is 13.3 Å². The zero-order valence-corrected chi connectivity index (χ0v) is 7.19. The van der Waals surface area contributed by atoms with Gasteiger partial charge in [0.05, 0.1) is 0 Å². The van der Waals surface area contributed by atoms with Gasteiger partial charge in [-0.25, -0.2) is 0 Å². The molecule has 0 aromatic carbocycles. The molecule has 0 saturated carbocycles. The lowest BCUT2D eigenvalue weighted by Crippen LogP contribution is -2.32. The lowest BCUT2D eigenvalue weighted by atomic mass is 9.81. The number of Topliss-reactive ketones (excluding diaryl/α,β-unsaturated/α-hetero) is 1. The zero-order valence-electron chi connectivity index (χ0n) is 7.19. The van der Waals surface area contributed by atoms with Crippen molar-refractivity contribution in [3.63, 3.8) is 0 Å². The first-order chi connectivity index (χ1) is 6.82. The smallest absolute Gasteiger partial charge is 0.423 e. The van der Waals surface area contributed by atoms with Gasteiger partial charge in [0.15, 0.2) is 0 Å². The van der Waals surface area contributed by atoms with Crippen molar-refractivity contribution in [2.45, 2.75) is 6.18 Å². The number of rotatable bonds is 2. The summed E-state index contributed by atoms with van der Waals surface area (Å²) in [5.74, 6) is -2.07. The number of hydrogen-bond acceptors (Lipinski definition) is 4. The van der Waals surface area contributed by atoms with E-state index >= 15 is 0 Å². The summed E-state index contributed by atoms with van der Waals surface area (Å²) in [5.41, 5.74) is -1.00. The molecule has 0 saturated heterocycles. The first kappa shape index (κ1) is 11.7. The molecule has 1 heterocycles. The highest BCUT2D eigenvalue weighted by Gasteiger charge is 2.39. The fraction of sp³-hybridized carbons (Fsp3) is 0.143. The number of pyridine rings is 1. The summed E-state index contributed by atoms with van der Waals surface area (Å²) in [5, 5.41) is 17.3. The van der Waals surface area contributed by atoms with Gasteiger partial charge in [0, 0.05) is 23.4 Å². The number of nitrogens with zero attached hydrogens (tertiary/aromatic N) is 1. The molecule has 0 spiro atoms. The maximum absolute atomic E-state index is 12.0. The number of carbonyl (C=O) groups is 1. The molecule has 0 amide bonds. The molecule has 1 rings (SSSR count). The largest absolute Gasteiger partial charge is 0.490 e. The van der Waals surface area contributed by atoms with Crippen molar-refractivity contribution >= 4 is 18.4 Å². The second-order valence-electron chi connectivity index (χ2n) is 2.71. The molecule has 0 aliphatic heterocycles. The highest BCUT2D eigenvalue weighted by molar-refractivity contribution is 6.58. The molecule has 4 nitrogen and oxygen atoms in total. The van der Waals surface area contributed by atoms with Gasteiger partial charge in [-0.05, 0) is 6.07 Å². The molecular formula is C7H5BF3NO3. The first-order valence-electron chi connectivity index (χ1n) is 3.75. The van der Waals surface area contributed by atoms with E-state index in [0.717, 1.165) is 12.3 Å².